The maximum absolute atomic E-state index is 11.7. The molecule has 0 saturated carbocycles. The van der Waals surface area contributed by atoms with Crippen LogP contribution >= 0.6 is 11.6 Å². The number of hydrogen-bond acceptors (Lipinski definition) is 6. The average Bonchev–Trinajstić information content (AvgIpc) is 2.78. The number of benzene rings is 1. The van der Waals surface area contributed by atoms with Crippen LogP contribution in [0.5, 0.6) is 0 Å². The number of anilines is 1. The number of esters is 1. The third-order valence-electron chi connectivity index (χ3n) is 5.25. The molecule has 0 aliphatic carbocycles. The molecule has 0 unspecified atom stereocenters. The smallest absolute Gasteiger partial charge is 0.306 e. The van der Waals surface area contributed by atoms with Gasteiger partial charge >= 0.3 is 5.97 Å². The van der Waals surface area contributed by atoms with Crippen LogP contribution in [0.4, 0.5) is 5.82 Å². The van der Waals surface area contributed by atoms with Crippen LogP contribution in [0.2, 0.25) is 5.02 Å². The van der Waals surface area contributed by atoms with E-state index in [9.17, 15) is 9.59 Å². The van der Waals surface area contributed by atoms with Crippen molar-refractivity contribution in [2.24, 2.45) is 0 Å². The first-order valence-corrected chi connectivity index (χ1v) is 10.8. The Morgan fingerprint density at radius 1 is 1.10 bits per heavy atom. The van der Waals surface area contributed by atoms with Gasteiger partial charge in [0.2, 0.25) is 0 Å². The van der Waals surface area contributed by atoms with Crippen LogP contribution in [0.15, 0.2) is 42.6 Å². The number of ether oxygens (including phenoxy) is 1. The summed E-state index contributed by atoms with van der Waals surface area (Å²) < 4.78 is 4.98. The lowest BCUT2D eigenvalue weighted by atomic mass is 10.1. The summed E-state index contributed by atoms with van der Waals surface area (Å²) in [6.07, 6.45) is 3.38. The summed E-state index contributed by atoms with van der Waals surface area (Å²) in [6.45, 7) is 6.18. The van der Waals surface area contributed by atoms with E-state index in [-0.39, 0.29) is 18.4 Å². The van der Waals surface area contributed by atoms with Crippen molar-refractivity contribution in [2.75, 3.05) is 44.2 Å². The molecule has 1 aliphatic rings. The van der Waals surface area contributed by atoms with E-state index in [1.54, 1.807) is 6.92 Å². The van der Waals surface area contributed by atoms with Gasteiger partial charge in [0.1, 0.15) is 12.4 Å². The molecule has 1 aliphatic heterocycles. The molecular weight excluding hydrogens is 402 g/mol. The lowest BCUT2D eigenvalue weighted by Crippen LogP contribution is -2.47. The van der Waals surface area contributed by atoms with E-state index in [1.807, 2.05) is 30.5 Å². The van der Waals surface area contributed by atoms with E-state index in [4.69, 9.17) is 16.3 Å². The molecular formula is C23H28ClN3O3. The van der Waals surface area contributed by atoms with Gasteiger partial charge in [-0.05, 0) is 42.8 Å². The van der Waals surface area contributed by atoms with Gasteiger partial charge in [-0.3, -0.25) is 14.5 Å². The Labute approximate surface area is 182 Å². The Morgan fingerprint density at radius 2 is 1.90 bits per heavy atom. The molecule has 1 fully saturated rings. The second kappa shape index (κ2) is 11.1. The fraction of sp³-hybridized carbons (Fsp3) is 0.435. The van der Waals surface area contributed by atoms with Gasteiger partial charge in [0.05, 0.1) is 0 Å². The van der Waals surface area contributed by atoms with Crippen molar-refractivity contribution < 1.29 is 14.3 Å². The van der Waals surface area contributed by atoms with Gasteiger partial charge in [0, 0.05) is 55.8 Å². The molecule has 3 rings (SSSR count). The van der Waals surface area contributed by atoms with Crippen LogP contribution < -0.4 is 4.90 Å². The van der Waals surface area contributed by atoms with E-state index in [0.29, 0.717) is 12.8 Å². The molecule has 2 heterocycles. The molecule has 0 spiro atoms. The SMILES string of the molecule is CCC(=O)COC(=O)CCCN1CCN(c2ccc(-c3cccc(Cl)c3)cn2)CC1. The molecule has 7 heteroatoms. The lowest BCUT2D eigenvalue weighted by molar-refractivity contribution is -0.148. The van der Waals surface area contributed by atoms with Gasteiger partial charge < -0.3 is 9.64 Å². The molecule has 1 saturated heterocycles. The van der Waals surface area contributed by atoms with Gasteiger partial charge in [0.25, 0.3) is 0 Å². The first-order valence-electron chi connectivity index (χ1n) is 10.4. The first kappa shape index (κ1) is 22.2. The monoisotopic (exact) mass is 429 g/mol. The molecule has 2 aromatic rings. The second-order valence-electron chi connectivity index (χ2n) is 7.40. The summed E-state index contributed by atoms with van der Waals surface area (Å²) in [5, 5.41) is 0.718. The Bertz CT molecular complexity index is 849. The third kappa shape index (κ3) is 6.54. The Morgan fingerprint density at radius 3 is 2.57 bits per heavy atom. The molecule has 6 nitrogen and oxygen atoms in total. The maximum Gasteiger partial charge on any atom is 0.306 e. The molecule has 0 N–H and O–H groups in total. The van der Waals surface area contributed by atoms with Crippen LogP contribution in [0, 0.1) is 0 Å². The fourth-order valence-electron chi connectivity index (χ4n) is 3.39. The van der Waals surface area contributed by atoms with Crippen LogP contribution in [0.25, 0.3) is 11.1 Å². The summed E-state index contributed by atoms with van der Waals surface area (Å²) in [4.78, 5) is 32.1. The maximum atomic E-state index is 11.7. The molecule has 30 heavy (non-hydrogen) atoms. The average molecular weight is 430 g/mol. The molecule has 0 amide bonds. The summed E-state index contributed by atoms with van der Waals surface area (Å²) >= 11 is 6.08. The van der Waals surface area contributed by atoms with Gasteiger partial charge in [-0.2, -0.15) is 0 Å². The summed E-state index contributed by atoms with van der Waals surface area (Å²) in [5.41, 5.74) is 2.11. The van der Waals surface area contributed by atoms with Crippen molar-refractivity contribution in [3.05, 3.63) is 47.6 Å². The van der Waals surface area contributed by atoms with Crippen molar-refractivity contribution >= 4 is 29.2 Å². The van der Waals surface area contributed by atoms with Crippen LogP contribution in [0.1, 0.15) is 26.2 Å². The number of nitrogens with zero attached hydrogens (tertiary/aromatic N) is 3. The Balaban J connectivity index is 1.40. The van der Waals surface area contributed by atoms with E-state index < -0.39 is 0 Å². The number of carbonyl (C=O) groups is 2. The minimum atomic E-state index is -0.292. The lowest BCUT2D eigenvalue weighted by Gasteiger charge is -2.35. The number of ketones is 1. The molecule has 1 aromatic carbocycles. The molecule has 0 bridgehead atoms. The number of carbonyl (C=O) groups excluding carboxylic acids is 2. The van der Waals surface area contributed by atoms with Crippen LogP contribution in [-0.2, 0) is 14.3 Å². The predicted octanol–water partition coefficient (Wildman–Crippen LogP) is 3.83. The minimum absolute atomic E-state index is 0.0475. The standard InChI is InChI=1S/C23H28ClN3O3/c1-2-21(28)17-30-23(29)7-4-10-26-11-13-27(14-12-26)22-9-8-19(16-25-22)18-5-3-6-20(24)15-18/h3,5-6,8-9,15-16H,2,4,7,10-14,17H2,1H3. The number of halogens is 1. The van der Waals surface area contributed by atoms with E-state index in [2.05, 4.69) is 26.9 Å². The van der Waals surface area contributed by atoms with Crippen molar-refractivity contribution in [3.8, 4) is 11.1 Å². The predicted molar refractivity (Wildman–Crippen MR) is 119 cm³/mol. The quantitative estimate of drug-likeness (QED) is 0.564. The van der Waals surface area contributed by atoms with Crippen LogP contribution in [-0.4, -0.2) is 61.0 Å². The highest BCUT2D eigenvalue weighted by atomic mass is 35.5. The summed E-state index contributed by atoms with van der Waals surface area (Å²) in [5.74, 6) is 0.637. The van der Waals surface area contributed by atoms with Crippen molar-refractivity contribution in [1.29, 1.82) is 0 Å². The number of pyridine rings is 1. The minimum Gasteiger partial charge on any atom is -0.458 e. The molecule has 160 valence electrons. The number of piperazine rings is 1. The Kier molecular flexibility index (Phi) is 8.22. The Hall–Kier alpha value is -2.44. The topological polar surface area (TPSA) is 62.7 Å². The highest BCUT2D eigenvalue weighted by molar-refractivity contribution is 6.30. The van der Waals surface area contributed by atoms with Crippen molar-refractivity contribution in [3.63, 3.8) is 0 Å². The van der Waals surface area contributed by atoms with Gasteiger partial charge in [-0.25, -0.2) is 4.98 Å². The van der Waals surface area contributed by atoms with E-state index >= 15 is 0 Å². The zero-order chi connectivity index (χ0) is 21.3. The van der Waals surface area contributed by atoms with Crippen LogP contribution in [0.3, 0.4) is 0 Å². The van der Waals surface area contributed by atoms with E-state index in [0.717, 1.165) is 61.1 Å². The van der Waals surface area contributed by atoms with E-state index in [1.165, 1.54) is 0 Å². The first-order chi connectivity index (χ1) is 14.5. The highest BCUT2D eigenvalue weighted by Gasteiger charge is 2.18. The van der Waals surface area contributed by atoms with Gasteiger partial charge in [-0.15, -0.1) is 0 Å². The number of aromatic nitrogens is 1. The van der Waals surface area contributed by atoms with Gasteiger partial charge in [-0.1, -0.05) is 30.7 Å². The number of hydrogen-bond donors (Lipinski definition) is 0. The molecule has 0 atom stereocenters. The zero-order valence-corrected chi connectivity index (χ0v) is 18.1. The van der Waals surface area contributed by atoms with Crippen molar-refractivity contribution in [2.45, 2.75) is 26.2 Å². The van der Waals surface area contributed by atoms with Gasteiger partial charge in [0.15, 0.2) is 5.78 Å². The highest BCUT2D eigenvalue weighted by Crippen LogP contribution is 2.24. The summed E-state index contributed by atoms with van der Waals surface area (Å²) in [7, 11) is 0. The normalized spacial score (nSPS) is 14.5. The fourth-order valence-corrected chi connectivity index (χ4v) is 3.59. The largest absolute Gasteiger partial charge is 0.458 e. The summed E-state index contributed by atoms with van der Waals surface area (Å²) in [6, 6.07) is 11.9. The molecule has 0 radical (unpaired) electrons. The number of Topliss-reactive ketones (excluding diaryl/α,β-unsaturated/α-hetero) is 1. The number of rotatable bonds is 9. The zero-order valence-electron chi connectivity index (χ0n) is 17.3. The third-order valence-corrected chi connectivity index (χ3v) is 5.48. The second-order valence-corrected chi connectivity index (χ2v) is 7.84. The molecule has 1 aromatic heterocycles. The van der Waals surface area contributed by atoms with Crippen molar-refractivity contribution in [1.82, 2.24) is 9.88 Å².